The van der Waals surface area contributed by atoms with Crippen molar-refractivity contribution < 1.29 is 9.34 Å². The van der Waals surface area contributed by atoms with Crippen molar-refractivity contribution in [3.8, 4) is 11.5 Å². The molecule has 0 N–H and O–H groups in total. The van der Waals surface area contributed by atoms with Crippen LogP contribution in [-0.4, -0.2) is 29.2 Å². The molecule has 0 atom stereocenters. The molecular weight excluding hydrogens is 416 g/mol. The Morgan fingerprint density at radius 3 is 2.76 bits per heavy atom. The van der Waals surface area contributed by atoms with Crippen LogP contribution in [-0.2, 0) is 13.1 Å². The predicted octanol–water partition coefficient (Wildman–Crippen LogP) is 3.18. The summed E-state index contributed by atoms with van der Waals surface area (Å²) in [6.45, 7) is 4.19. The van der Waals surface area contributed by atoms with Crippen molar-refractivity contribution in [3.63, 3.8) is 0 Å². The van der Waals surface area contributed by atoms with E-state index in [0.29, 0.717) is 26.4 Å². The van der Waals surface area contributed by atoms with E-state index in [0.717, 1.165) is 0 Å². The molecule has 10 nitrogen and oxygen atoms in total. The Labute approximate surface area is 171 Å². The molecule has 0 aliphatic carbocycles. The first-order chi connectivity index (χ1) is 14.0. The summed E-state index contributed by atoms with van der Waals surface area (Å²) in [5, 5.41) is 18.6. The summed E-state index contributed by atoms with van der Waals surface area (Å²) in [6, 6.07) is 5.74. The molecular formula is C17H12N6O4S2. The van der Waals surface area contributed by atoms with Crippen LogP contribution in [0.2, 0.25) is 0 Å². The van der Waals surface area contributed by atoms with E-state index in [1.54, 1.807) is 10.6 Å². The van der Waals surface area contributed by atoms with E-state index >= 15 is 0 Å². The number of rotatable bonds is 6. The van der Waals surface area contributed by atoms with Crippen LogP contribution in [0.1, 0.15) is 5.89 Å². The van der Waals surface area contributed by atoms with Gasteiger partial charge in [0.25, 0.3) is 11.2 Å². The first-order valence-electron chi connectivity index (χ1n) is 8.25. The van der Waals surface area contributed by atoms with Crippen LogP contribution in [0.5, 0.6) is 0 Å². The number of hydrogen-bond acceptors (Lipinski definition) is 9. The Morgan fingerprint density at radius 1 is 1.31 bits per heavy atom. The summed E-state index contributed by atoms with van der Waals surface area (Å²) in [4.78, 5) is 27.4. The second kappa shape index (κ2) is 7.48. The molecule has 12 heteroatoms. The molecule has 0 bridgehead atoms. The zero-order valence-electron chi connectivity index (χ0n) is 14.7. The Balaban J connectivity index is 1.63. The summed E-state index contributed by atoms with van der Waals surface area (Å²) in [5.74, 6) is 0.403. The SMILES string of the molecule is C=CCn1c(=S)sc2c(=O)n(Cc3nnc(-c4ccc([N+](=O)[O-])cc4)o3)cnc21. The number of thiazole rings is 1. The smallest absolute Gasteiger partial charge is 0.273 e. The molecule has 0 unspecified atom stereocenters. The van der Waals surface area contributed by atoms with E-state index in [-0.39, 0.29) is 29.6 Å². The number of hydrogen-bond donors (Lipinski definition) is 0. The third kappa shape index (κ3) is 3.50. The van der Waals surface area contributed by atoms with Gasteiger partial charge in [-0.3, -0.25) is 19.5 Å². The third-order valence-corrected chi connectivity index (χ3v) is 5.48. The average molecular weight is 428 g/mol. The van der Waals surface area contributed by atoms with Gasteiger partial charge in [-0.05, 0) is 24.4 Å². The molecule has 0 saturated carbocycles. The molecule has 3 aromatic heterocycles. The normalized spacial score (nSPS) is 11.0. The minimum Gasteiger partial charge on any atom is -0.419 e. The number of nitro groups is 1. The lowest BCUT2D eigenvalue weighted by atomic mass is 10.2. The van der Waals surface area contributed by atoms with Gasteiger partial charge in [-0.2, -0.15) is 0 Å². The fourth-order valence-electron chi connectivity index (χ4n) is 2.68. The highest BCUT2D eigenvalue weighted by Gasteiger charge is 2.15. The van der Waals surface area contributed by atoms with Crippen LogP contribution >= 0.6 is 23.6 Å². The zero-order chi connectivity index (χ0) is 20.5. The molecule has 1 aromatic carbocycles. The first kappa shape index (κ1) is 18.8. The maximum absolute atomic E-state index is 12.8. The van der Waals surface area contributed by atoms with Crippen LogP contribution in [0.15, 0.2) is 52.5 Å². The van der Waals surface area contributed by atoms with Gasteiger partial charge in [0, 0.05) is 24.2 Å². The number of non-ortho nitro benzene ring substituents is 1. The monoisotopic (exact) mass is 428 g/mol. The van der Waals surface area contributed by atoms with Gasteiger partial charge in [0.05, 0.1) is 4.92 Å². The third-order valence-electron chi connectivity index (χ3n) is 4.05. The van der Waals surface area contributed by atoms with Crippen molar-refractivity contribution >= 4 is 39.6 Å². The molecule has 0 aliphatic heterocycles. The topological polar surface area (TPSA) is 122 Å². The van der Waals surface area contributed by atoms with Crippen LogP contribution < -0.4 is 5.56 Å². The number of benzene rings is 1. The minimum absolute atomic E-state index is 0.0356. The van der Waals surface area contributed by atoms with Gasteiger partial charge in [-0.25, -0.2) is 4.98 Å². The number of aromatic nitrogens is 5. The van der Waals surface area contributed by atoms with E-state index in [1.165, 1.54) is 46.5 Å². The van der Waals surface area contributed by atoms with Crippen LogP contribution in [0.4, 0.5) is 5.69 Å². The summed E-state index contributed by atoms with van der Waals surface area (Å²) in [5.41, 5.74) is 0.752. The molecule has 4 rings (SSSR count). The number of nitrogens with zero attached hydrogens (tertiary/aromatic N) is 6. The lowest BCUT2D eigenvalue weighted by Crippen LogP contribution is -2.21. The van der Waals surface area contributed by atoms with Gasteiger partial charge in [0.15, 0.2) is 9.60 Å². The van der Waals surface area contributed by atoms with Gasteiger partial charge in [-0.1, -0.05) is 17.4 Å². The summed E-state index contributed by atoms with van der Waals surface area (Å²) >= 11 is 6.48. The van der Waals surface area contributed by atoms with Gasteiger partial charge in [0.2, 0.25) is 11.8 Å². The van der Waals surface area contributed by atoms with E-state index in [1.807, 2.05) is 0 Å². The van der Waals surface area contributed by atoms with Crippen molar-refractivity contribution in [3.05, 3.63) is 73.6 Å². The molecule has 29 heavy (non-hydrogen) atoms. The maximum Gasteiger partial charge on any atom is 0.273 e. The molecule has 146 valence electrons. The first-order valence-corrected chi connectivity index (χ1v) is 9.47. The zero-order valence-corrected chi connectivity index (χ0v) is 16.4. The molecule has 0 amide bonds. The average Bonchev–Trinajstić information content (AvgIpc) is 3.30. The second-order valence-electron chi connectivity index (χ2n) is 5.90. The molecule has 4 aromatic rings. The van der Waals surface area contributed by atoms with E-state index < -0.39 is 4.92 Å². The maximum atomic E-state index is 12.8. The fraction of sp³-hybridized carbons (Fsp3) is 0.118. The highest BCUT2D eigenvalue weighted by atomic mass is 32.1. The quantitative estimate of drug-likeness (QED) is 0.199. The Kier molecular flexibility index (Phi) is 4.86. The highest BCUT2D eigenvalue weighted by Crippen LogP contribution is 2.22. The van der Waals surface area contributed by atoms with Crippen molar-refractivity contribution in [2.75, 3.05) is 0 Å². The van der Waals surface area contributed by atoms with Gasteiger partial charge in [-0.15, -0.1) is 16.8 Å². The Hall–Kier alpha value is -3.51. The van der Waals surface area contributed by atoms with E-state index in [4.69, 9.17) is 16.6 Å². The fourth-order valence-corrected chi connectivity index (χ4v) is 4.00. The summed E-state index contributed by atoms with van der Waals surface area (Å²) < 4.78 is 9.68. The van der Waals surface area contributed by atoms with Crippen molar-refractivity contribution in [2.45, 2.75) is 13.1 Å². The van der Waals surface area contributed by atoms with Gasteiger partial charge in [0.1, 0.15) is 17.6 Å². The van der Waals surface area contributed by atoms with Crippen molar-refractivity contribution in [1.82, 2.24) is 24.3 Å². The molecule has 0 spiro atoms. The van der Waals surface area contributed by atoms with Crippen molar-refractivity contribution in [1.29, 1.82) is 0 Å². The van der Waals surface area contributed by atoms with Crippen molar-refractivity contribution in [2.24, 2.45) is 0 Å². The van der Waals surface area contributed by atoms with E-state index in [9.17, 15) is 14.9 Å². The lowest BCUT2D eigenvalue weighted by Gasteiger charge is -2.03. The largest absolute Gasteiger partial charge is 0.419 e. The standard InChI is InChI=1S/C17H12N6O4S2/c1-2-7-22-14-13(29-17(22)28)16(24)21(9-18-14)8-12-19-20-15(27-12)10-3-5-11(6-4-10)23(25)26/h2-6,9H,1,7-8H2. The summed E-state index contributed by atoms with van der Waals surface area (Å²) in [7, 11) is 0. The Morgan fingerprint density at radius 2 is 2.07 bits per heavy atom. The van der Waals surface area contributed by atoms with Gasteiger partial charge >= 0.3 is 0 Å². The lowest BCUT2D eigenvalue weighted by molar-refractivity contribution is -0.384. The number of nitro benzene ring substituents is 1. The summed E-state index contributed by atoms with van der Waals surface area (Å²) in [6.07, 6.45) is 3.09. The molecule has 3 heterocycles. The molecule has 0 fully saturated rings. The van der Waals surface area contributed by atoms with Crippen LogP contribution in [0.3, 0.4) is 0 Å². The number of allylic oxidation sites excluding steroid dienone is 1. The van der Waals surface area contributed by atoms with Crippen LogP contribution in [0, 0.1) is 14.1 Å². The van der Waals surface area contributed by atoms with Crippen LogP contribution in [0.25, 0.3) is 21.8 Å². The molecule has 0 aliphatic rings. The highest BCUT2D eigenvalue weighted by molar-refractivity contribution is 7.73. The van der Waals surface area contributed by atoms with E-state index in [2.05, 4.69) is 21.8 Å². The molecule has 0 saturated heterocycles. The predicted molar refractivity (Wildman–Crippen MR) is 108 cm³/mol. The second-order valence-corrected chi connectivity index (χ2v) is 7.55. The van der Waals surface area contributed by atoms with Gasteiger partial charge < -0.3 is 8.98 Å². The minimum atomic E-state index is -0.490. The number of fused-ring (bicyclic) bond motifs is 1. The molecule has 0 radical (unpaired) electrons. The Bertz CT molecular complexity index is 1350.